The maximum absolute atomic E-state index is 12.6. The number of rotatable bonds is 5. The van der Waals surface area contributed by atoms with Crippen molar-refractivity contribution in [1.29, 1.82) is 0 Å². The molecule has 3 rings (SSSR count). The SMILES string of the molecule is Cc1ccc(N2CCn3c2nnc(C(=O)NCCC(C)C)c3=O)cc1. The van der Waals surface area contributed by atoms with Crippen molar-refractivity contribution >= 4 is 17.5 Å². The van der Waals surface area contributed by atoms with Gasteiger partial charge < -0.3 is 10.2 Å². The number of carbonyl (C=O) groups excluding carboxylic acids is 1. The number of hydrogen-bond acceptors (Lipinski definition) is 5. The first-order valence-corrected chi connectivity index (χ1v) is 8.57. The van der Waals surface area contributed by atoms with Crippen molar-refractivity contribution in [3.05, 3.63) is 45.9 Å². The molecule has 0 bridgehead atoms. The van der Waals surface area contributed by atoms with Crippen LogP contribution in [0.25, 0.3) is 0 Å². The van der Waals surface area contributed by atoms with Crippen LogP contribution in [0.2, 0.25) is 0 Å². The van der Waals surface area contributed by atoms with Crippen molar-refractivity contribution in [2.45, 2.75) is 33.7 Å². The maximum atomic E-state index is 12.6. The molecule has 7 heteroatoms. The van der Waals surface area contributed by atoms with Gasteiger partial charge in [0, 0.05) is 25.3 Å². The van der Waals surface area contributed by atoms with Crippen molar-refractivity contribution in [2.75, 3.05) is 18.0 Å². The fourth-order valence-electron chi connectivity index (χ4n) is 2.78. The van der Waals surface area contributed by atoms with Gasteiger partial charge in [-0.15, -0.1) is 10.2 Å². The third kappa shape index (κ3) is 3.55. The smallest absolute Gasteiger partial charge is 0.286 e. The summed E-state index contributed by atoms with van der Waals surface area (Å²) in [5.41, 5.74) is 1.60. The first kappa shape index (κ1) is 17.1. The highest BCUT2D eigenvalue weighted by Gasteiger charge is 2.27. The average molecular weight is 341 g/mol. The Morgan fingerprint density at radius 2 is 1.92 bits per heavy atom. The standard InChI is InChI=1S/C18H23N5O2/c1-12(2)8-9-19-16(24)15-17(25)23-11-10-22(18(23)21-20-15)14-6-4-13(3)5-7-14/h4-7,12H,8-11H2,1-3H3,(H,19,24). The lowest BCUT2D eigenvalue weighted by Crippen LogP contribution is -2.35. The van der Waals surface area contributed by atoms with Crippen molar-refractivity contribution in [3.63, 3.8) is 0 Å². The number of carbonyl (C=O) groups is 1. The molecule has 0 unspecified atom stereocenters. The van der Waals surface area contributed by atoms with Crippen LogP contribution in [0, 0.1) is 12.8 Å². The molecule has 0 atom stereocenters. The number of nitrogens with zero attached hydrogens (tertiary/aromatic N) is 4. The summed E-state index contributed by atoms with van der Waals surface area (Å²) in [4.78, 5) is 26.7. The van der Waals surface area contributed by atoms with E-state index < -0.39 is 5.91 Å². The van der Waals surface area contributed by atoms with Crippen LogP contribution in [0.15, 0.2) is 29.1 Å². The minimum absolute atomic E-state index is 0.140. The van der Waals surface area contributed by atoms with Crippen molar-refractivity contribution in [3.8, 4) is 0 Å². The number of nitrogens with one attached hydrogen (secondary N) is 1. The van der Waals surface area contributed by atoms with Gasteiger partial charge in [0.05, 0.1) is 0 Å². The molecule has 1 aliphatic rings. The van der Waals surface area contributed by atoms with Gasteiger partial charge in [-0.3, -0.25) is 14.2 Å². The number of amides is 1. The number of aryl methyl sites for hydroxylation is 1. The van der Waals surface area contributed by atoms with Crippen LogP contribution in [0.5, 0.6) is 0 Å². The lowest BCUT2D eigenvalue weighted by atomic mass is 10.1. The second-order valence-corrected chi connectivity index (χ2v) is 6.73. The maximum Gasteiger partial charge on any atom is 0.286 e. The molecule has 7 nitrogen and oxygen atoms in total. The predicted molar refractivity (Wildman–Crippen MR) is 96.3 cm³/mol. The molecule has 25 heavy (non-hydrogen) atoms. The third-order valence-electron chi connectivity index (χ3n) is 4.29. The van der Waals surface area contributed by atoms with Crippen molar-refractivity contribution in [1.82, 2.24) is 20.1 Å². The molecule has 0 fully saturated rings. The van der Waals surface area contributed by atoms with Crippen LogP contribution in [0.3, 0.4) is 0 Å². The lowest BCUT2D eigenvalue weighted by molar-refractivity contribution is 0.0943. The Hall–Kier alpha value is -2.70. The third-order valence-corrected chi connectivity index (χ3v) is 4.29. The zero-order valence-electron chi connectivity index (χ0n) is 14.8. The number of aromatic nitrogens is 3. The van der Waals surface area contributed by atoms with Crippen LogP contribution >= 0.6 is 0 Å². The summed E-state index contributed by atoms with van der Waals surface area (Å²) in [6.45, 7) is 7.83. The lowest BCUT2D eigenvalue weighted by Gasteiger charge is -2.16. The van der Waals surface area contributed by atoms with Crippen LogP contribution in [0.4, 0.5) is 11.6 Å². The fourth-order valence-corrected chi connectivity index (χ4v) is 2.78. The zero-order valence-corrected chi connectivity index (χ0v) is 14.8. The molecule has 0 saturated heterocycles. The summed E-state index contributed by atoms with van der Waals surface area (Å²) >= 11 is 0. The Morgan fingerprint density at radius 3 is 2.60 bits per heavy atom. The van der Waals surface area contributed by atoms with Crippen LogP contribution in [-0.2, 0) is 6.54 Å². The second kappa shape index (κ2) is 7.04. The molecule has 1 N–H and O–H groups in total. The van der Waals surface area contributed by atoms with Gasteiger partial charge in [-0.25, -0.2) is 0 Å². The summed E-state index contributed by atoms with van der Waals surface area (Å²) in [6.07, 6.45) is 0.854. The molecular weight excluding hydrogens is 318 g/mol. The molecule has 132 valence electrons. The van der Waals surface area contributed by atoms with E-state index in [0.29, 0.717) is 31.5 Å². The molecule has 1 aromatic heterocycles. The molecule has 1 amide bonds. The van der Waals surface area contributed by atoms with E-state index in [0.717, 1.165) is 12.1 Å². The van der Waals surface area contributed by atoms with E-state index in [9.17, 15) is 9.59 Å². The number of anilines is 2. The topological polar surface area (TPSA) is 80.1 Å². The molecule has 0 aliphatic carbocycles. The molecule has 0 radical (unpaired) electrons. The summed E-state index contributed by atoms with van der Waals surface area (Å²) < 4.78 is 1.52. The molecule has 1 aliphatic heterocycles. The minimum atomic E-state index is -0.456. The minimum Gasteiger partial charge on any atom is -0.350 e. The van der Waals surface area contributed by atoms with Crippen molar-refractivity contribution in [2.24, 2.45) is 5.92 Å². The molecule has 2 aromatic rings. The normalized spacial score (nSPS) is 13.2. The predicted octanol–water partition coefficient (Wildman–Crippen LogP) is 1.87. The van der Waals surface area contributed by atoms with E-state index in [-0.39, 0.29) is 11.3 Å². The number of benzene rings is 1. The van der Waals surface area contributed by atoms with Crippen molar-refractivity contribution < 1.29 is 4.79 Å². The van der Waals surface area contributed by atoms with Gasteiger partial charge in [-0.1, -0.05) is 31.5 Å². The molecule has 0 spiro atoms. The highest BCUT2D eigenvalue weighted by atomic mass is 16.2. The van der Waals surface area contributed by atoms with E-state index in [1.807, 2.05) is 36.1 Å². The van der Waals surface area contributed by atoms with Gasteiger partial charge in [-0.05, 0) is 31.4 Å². The van der Waals surface area contributed by atoms with Gasteiger partial charge in [0.15, 0.2) is 0 Å². The Bertz CT molecular complexity index is 826. The summed E-state index contributed by atoms with van der Waals surface area (Å²) in [5.74, 6) is 0.505. The van der Waals surface area contributed by atoms with E-state index >= 15 is 0 Å². The Kier molecular flexibility index (Phi) is 4.83. The first-order valence-electron chi connectivity index (χ1n) is 8.57. The van der Waals surface area contributed by atoms with Gasteiger partial charge >= 0.3 is 0 Å². The van der Waals surface area contributed by atoms with Crippen LogP contribution in [0.1, 0.15) is 36.3 Å². The van der Waals surface area contributed by atoms with Gasteiger partial charge in [0.2, 0.25) is 11.6 Å². The first-order chi connectivity index (χ1) is 12.0. The molecule has 2 heterocycles. The van der Waals surface area contributed by atoms with E-state index in [2.05, 4.69) is 29.4 Å². The second-order valence-electron chi connectivity index (χ2n) is 6.73. The number of hydrogen-bond donors (Lipinski definition) is 1. The molecule has 1 aromatic carbocycles. The Labute approximate surface area is 146 Å². The largest absolute Gasteiger partial charge is 0.350 e. The summed E-state index contributed by atoms with van der Waals surface area (Å²) in [5, 5.41) is 10.8. The van der Waals surface area contributed by atoms with E-state index in [1.54, 1.807) is 0 Å². The molecular formula is C18H23N5O2. The fraction of sp³-hybridized carbons (Fsp3) is 0.444. The Morgan fingerprint density at radius 1 is 1.20 bits per heavy atom. The Balaban J connectivity index is 1.82. The van der Waals surface area contributed by atoms with E-state index in [1.165, 1.54) is 10.1 Å². The van der Waals surface area contributed by atoms with E-state index in [4.69, 9.17) is 0 Å². The quantitative estimate of drug-likeness (QED) is 0.898. The monoisotopic (exact) mass is 341 g/mol. The number of fused-ring (bicyclic) bond motifs is 1. The highest BCUT2D eigenvalue weighted by molar-refractivity contribution is 5.91. The van der Waals surface area contributed by atoms with Gasteiger partial charge in [-0.2, -0.15) is 0 Å². The zero-order chi connectivity index (χ0) is 18.0. The van der Waals surface area contributed by atoms with Gasteiger partial charge in [0.25, 0.3) is 11.5 Å². The summed E-state index contributed by atoms with van der Waals surface area (Å²) in [7, 11) is 0. The summed E-state index contributed by atoms with van der Waals surface area (Å²) in [6, 6.07) is 8.01. The van der Waals surface area contributed by atoms with Gasteiger partial charge in [0.1, 0.15) is 0 Å². The van der Waals surface area contributed by atoms with Crippen LogP contribution < -0.4 is 15.8 Å². The molecule has 0 saturated carbocycles. The average Bonchev–Trinajstić information content (AvgIpc) is 3.00. The highest BCUT2D eigenvalue weighted by Crippen LogP contribution is 2.26. The van der Waals surface area contributed by atoms with Crippen LogP contribution in [-0.4, -0.2) is 33.8 Å².